The average Bonchev–Trinajstić information content (AvgIpc) is 2.47. The molecule has 2 unspecified atom stereocenters. The molecule has 1 amide bonds. The molecule has 2 atom stereocenters. The Kier molecular flexibility index (Phi) is 7.46. The van der Waals surface area contributed by atoms with Crippen LogP contribution in [0.4, 0.5) is 13.2 Å². The number of hydrogen-bond donors (Lipinski definition) is 1. The van der Waals surface area contributed by atoms with Gasteiger partial charge in [0.15, 0.2) is 0 Å². The predicted molar refractivity (Wildman–Crippen MR) is 82.0 cm³/mol. The second kappa shape index (κ2) is 8.39. The number of carbonyl (C=O) groups excluding carboxylic acids is 1. The van der Waals surface area contributed by atoms with Crippen molar-refractivity contribution in [1.29, 1.82) is 0 Å². The summed E-state index contributed by atoms with van der Waals surface area (Å²) >= 11 is 0. The molecule has 0 spiro atoms. The van der Waals surface area contributed by atoms with Crippen LogP contribution in [-0.4, -0.2) is 43.2 Å². The minimum atomic E-state index is -4.11. The topological polar surface area (TPSA) is 32.3 Å². The number of nitrogens with zero attached hydrogens (tertiary/aromatic N) is 1. The van der Waals surface area contributed by atoms with Gasteiger partial charge in [0.05, 0.1) is 5.92 Å². The molecule has 0 bridgehead atoms. The van der Waals surface area contributed by atoms with Crippen molar-refractivity contribution in [2.24, 2.45) is 17.8 Å². The van der Waals surface area contributed by atoms with Gasteiger partial charge in [0.2, 0.25) is 5.91 Å². The maximum absolute atomic E-state index is 12.6. The number of carbonyl (C=O) groups is 1. The highest BCUT2D eigenvalue weighted by atomic mass is 35.5. The fraction of sp³-hybridized carbons (Fsp3) is 0.933. The van der Waals surface area contributed by atoms with Gasteiger partial charge in [-0.1, -0.05) is 6.92 Å². The Balaban J connectivity index is 0.00000242. The van der Waals surface area contributed by atoms with Gasteiger partial charge < -0.3 is 10.2 Å². The summed E-state index contributed by atoms with van der Waals surface area (Å²) in [5.74, 6) is -0.406. The molecule has 0 aromatic heterocycles. The lowest BCUT2D eigenvalue weighted by molar-refractivity contribution is -0.186. The minimum absolute atomic E-state index is 0. The van der Waals surface area contributed by atoms with Crippen LogP contribution in [-0.2, 0) is 4.79 Å². The first-order valence-corrected chi connectivity index (χ1v) is 7.93. The molecule has 7 heteroatoms. The van der Waals surface area contributed by atoms with E-state index >= 15 is 0 Å². The maximum Gasteiger partial charge on any atom is 0.391 e. The molecule has 2 heterocycles. The molecule has 2 aliphatic rings. The van der Waals surface area contributed by atoms with Crippen LogP contribution in [0.3, 0.4) is 0 Å². The van der Waals surface area contributed by atoms with Gasteiger partial charge in [-0.05, 0) is 50.6 Å². The number of halogens is 4. The highest BCUT2D eigenvalue weighted by molar-refractivity contribution is 5.85. The molecule has 3 nitrogen and oxygen atoms in total. The molecule has 0 aromatic rings. The third kappa shape index (κ3) is 5.30. The fourth-order valence-corrected chi connectivity index (χ4v) is 3.39. The van der Waals surface area contributed by atoms with E-state index < -0.39 is 12.1 Å². The predicted octanol–water partition coefficient (Wildman–Crippen LogP) is 3.23. The standard InChI is InChI=1S/C15H25F3N2O.ClH/c1-11(12-3-2-6-19-10-12)9-14(21)20-7-4-13(5-8-20)15(16,17)18;/h11-13,19H,2-10H2,1H3;1H. The lowest BCUT2D eigenvalue weighted by Gasteiger charge is -2.34. The Morgan fingerprint density at radius 3 is 2.41 bits per heavy atom. The Hall–Kier alpha value is -0.490. The molecule has 0 saturated carbocycles. The van der Waals surface area contributed by atoms with Gasteiger partial charge in [0.25, 0.3) is 0 Å². The number of rotatable bonds is 3. The van der Waals surface area contributed by atoms with E-state index in [0.29, 0.717) is 18.3 Å². The Bertz CT molecular complexity index is 351. The zero-order chi connectivity index (χ0) is 15.5. The fourth-order valence-electron chi connectivity index (χ4n) is 3.39. The van der Waals surface area contributed by atoms with Gasteiger partial charge in [-0.25, -0.2) is 0 Å². The number of likely N-dealkylation sites (tertiary alicyclic amines) is 1. The Morgan fingerprint density at radius 1 is 1.27 bits per heavy atom. The first-order valence-electron chi connectivity index (χ1n) is 7.93. The van der Waals surface area contributed by atoms with E-state index in [1.165, 1.54) is 0 Å². The number of alkyl halides is 3. The maximum atomic E-state index is 12.6. The smallest absolute Gasteiger partial charge is 0.343 e. The van der Waals surface area contributed by atoms with Crippen LogP contribution < -0.4 is 5.32 Å². The second-order valence-corrected chi connectivity index (χ2v) is 6.48. The van der Waals surface area contributed by atoms with Crippen molar-refractivity contribution in [3.05, 3.63) is 0 Å². The van der Waals surface area contributed by atoms with Crippen LogP contribution in [0.2, 0.25) is 0 Å². The van der Waals surface area contributed by atoms with E-state index in [0.717, 1.165) is 25.9 Å². The summed E-state index contributed by atoms with van der Waals surface area (Å²) in [4.78, 5) is 13.9. The van der Waals surface area contributed by atoms with Crippen LogP contribution in [0.25, 0.3) is 0 Å². The first-order chi connectivity index (χ1) is 9.88. The highest BCUT2D eigenvalue weighted by Crippen LogP contribution is 2.34. The van der Waals surface area contributed by atoms with E-state index in [-0.39, 0.29) is 44.2 Å². The van der Waals surface area contributed by atoms with E-state index in [1.807, 2.05) is 0 Å². The Morgan fingerprint density at radius 2 is 1.91 bits per heavy atom. The number of nitrogens with one attached hydrogen (secondary N) is 1. The normalized spacial score (nSPS) is 25.5. The van der Waals surface area contributed by atoms with Crippen LogP contribution >= 0.6 is 12.4 Å². The van der Waals surface area contributed by atoms with Gasteiger partial charge in [0.1, 0.15) is 0 Å². The van der Waals surface area contributed by atoms with Crippen molar-refractivity contribution in [2.45, 2.75) is 45.2 Å². The zero-order valence-corrected chi connectivity index (χ0v) is 13.8. The van der Waals surface area contributed by atoms with Gasteiger partial charge in [-0.2, -0.15) is 13.2 Å². The Labute approximate surface area is 136 Å². The third-order valence-corrected chi connectivity index (χ3v) is 4.95. The molecule has 0 aliphatic carbocycles. The zero-order valence-electron chi connectivity index (χ0n) is 13.0. The molecule has 130 valence electrons. The summed E-state index contributed by atoms with van der Waals surface area (Å²) in [7, 11) is 0. The van der Waals surface area contributed by atoms with Crippen molar-refractivity contribution in [2.75, 3.05) is 26.2 Å². The van der Waals surface area contributed by atoms with Crippen molar-refractivity contribution in [3.63, 3.8) is 0 Å². The van der Waals surface area contributed by atoms with Crippen LogP contribution in [0.15, 0.2) is 0 Å². The van der Waals surface area contributed by atoms with Crippen molar-refractivity contribution < 1.29 is 18.0 Å². The average molecular weight is 343 g/mol. The molecule has 0 aromatic carbocycles. The number of piperidine rings is 2. The summed E-state index contributed by atoms with van der Waals surface area (Å²) < 4.78 is 37.8. The second-order valence-electron chi connectivity index (χ2n) is 6.48. The van der Waals surface area contributed by atoms with Crippen LogP contribution in [0, 0.1) is 17.8 Å². The summed E-state index contributed by atoms with van der Waals surface area (Å²) in [5.41, 5.74) is 0. The summed E-state index contributed by atoms with van der Waals surface area (Å²) in [6.07, 6.45) is -1.28. The monoisotopic (exact) mass is 342 g/mol. The molecule has 2 aliphatic heterocycles. The van der Waals surface area contributed by atoms with E-state index in [4.69, 9.17) is 0 Å². The quantitative estimate of drug-likeness (QED) is 0.854. The molecular weight excluding hydrogens is 317 g/mol. The summed E-state index contributed by atoms with van der Waals surface area (Å²) in [6.45, 7) is 4.57. The molecule has 0 radical (unpaired) electrons. The van der Waals surface area contributed by atoms with Crippen molar-refractivity contribution >= 4 is 18.3 Å². The molecule has 22 heavy (non-hydrogen) atoms. The van der Waals surface area contributed by atoms with E-state index in [1.54, 1.807) is 4.90 Å². The third-order valence-electron chi connectivity index (χ3n) is 4.95. The van der Waals surface area contributed by atoms with Crippen molar-refractivity contribution in [3.8, 4) is 0 Å². The molecule has 2 fully saturated rings. The lowest BCUT2D eigenvalue weighted by Crippen LogP contribution is -2.43. The molecule has 2 rings (SSSR count). The molecule has 2 saturated heterocycles. The van der Waals surface area contributed by atoms with Gasteiger partial charge in [0, 0.05) is 19.5 Å². The SMILES string of the molecule is CC(CC(=O)N1CCC(C(F)(F)F)CC1)C1CCCNC1.Cl. The van der Waals surface area contributed by atoms with Gasteiger partial charge in [-0.15, -0.1) is 12.4 Å². The van der Waals surface area contributed by atoms with Gasteiger partial charge >= 0.3 is 6.18 Å². The lowest BCUT2D eigenvalue weighted by atomic mass is 9.85. The number of amides is 1. The molecular formula is C15H26ClF3N2O. The van der Waals surface area contributed by atoms with Crippen LogP contribution in [0.1, 0.15) is 39.0 Å². The summed E-state index contributed by atoms with van der Waals surface area (Å²) in [6, 6.07) is 0. The summed E-state index contributed by atoms with van der Waals surface area (Å²) in [5, 5.41) is 3.34. The van der Waals surface area contributed by atoms with E-state index in [9.17, 15) is 18.0 Å². The minimum Gasteiger partial charge on any atom is -0.343 e. The van der Waals surface area contributed by atoms with Gasteiger partial charge in [-0.3, -0.25) is 4.79 Å². The number of hydrogen-bond acceptors (Lipinski definition) is 2. The van der Waals surface area contributed by atoms with Crippen molar-refractivity contribution in [1.82, 2.24) is 10.2 Å². The van der Waals surface area contributed by atoms with E-state index in [2.05, 4.69) is 12.2 Å². The first kappa shape index (κ1) is 19.6. The largest absolute Gasteiger partial charge is 0.391 e. The molecule has 1 N–H and O–H groups in total. The highest BCUT2D eigenvalue weighted by Gasteiger charge is 2.41. The van der Waals surface area contributed by atoms with Crippen LogP contribution in [0.5, 0.6) is 0 Å².